The highest BCUT2D eigenvalue weighted by Crippen LogP contribution is 2.41. The number of hydrogen-bond donors (Lipinski definition) is 2. The van der Waals surface area contributed by atoms with Crippen LogP contribution in [0, 0.1) is 5.82 Å². The summed E-state index contributed by atoms with van der Waals surface area (Å²) in [5.74, 6) is 0.460. The summed E-state index contributed by atoms with van der Waals surface area (Å²) in [4.78, 5) is 20.7. The molecule has 0 bridgehead atoms. The monoisotopic (exact) mass is 385 g/mol. The molecule has 0 atom stereocenters. The Morgan fingerprint density at radius 2 is 1.79 bits per heavy atom. The second-order valence-corrected chi connectivity index (χ2v) is 7.49. The maximum Gasteiger partial charge on any atom is 0.272 e. The number of H-pyrrole nitrogens is 1. The molecule has 1 aromatic heterocycles. The minimum Gasteiger partial charge on any atom is -0.347 e. The van der Waals surface area contributed by atoms with Gasteiger partial charge in [-0.1, -0.05) is 36.4 Å². The van der Waals surface area contributed by atoms with Crippen LogP contribution >= 0.6 is 0 Å². The third kappa shape index (κ3) is 3.63. The van der Waals surface area contributed by atoms with Crippen molar-refractivity contribution in [3.63, 3.8) is 0 Å². The van der Waals surface area contributed by atoms with Gasteiger partial charge in [-0.3, -0.25) is 4.79 Å². The highest BCUT2D eigenvalue weighted by Gasteiger charge is 2.31. The Morgan fingerprint density at radius 3 is 2.55 bits per heavy atom. The number of fused-ring (bicyclic) bond motifs is 1. The molecule has 4 nitrogen and oxygen atoms in total. The molecule has 1 saturated carbocycles. The van der Waals surface area contributed by atoms with Crippen LogP contribution in [-0.2, 0) is 6.54 Å². The molecule has 0 unspecified atom stereocenters. The van der Waals surface area contributed by atoms with Gasteiger partial charge in [-0.25, -0.2) is 9.37 Å². The number of amides is 1. The molecule has 4 aromatic rings. The van der Waals surface area contributed by atoms with Crippen molar-refractivity contribution in [1.82, 2.24) is 15.3 Å². The summed E-state index contributed by atoms with van der Waals surface area (Å²) < 4.78 is 13.2. The summed E-state index contributed by atoms with van der Waals surface area (Å²) in [6, 6.07) is 20.5. The zero-order valence-electron chi connectivity index (χ0n) is 15.8. The molecule has 2 N–H and O–H groups in total. The number of imidazole rings is 1. The molecule has 1 aliphatic carbocycles. The van der Waals surface area contributed by atoms with E-state index in [0.29, 0.717) is 24.0 Å². The van der Waals surface area contributed by atoms with Gasteiger partial charge in [0.1, 0.15) is 17.3 Å². The molecule has 0 radical (unpaired) electrons. The Hall–Kier alpha value is -3.47. The zero-order valence-corrected chi connectivity index (χ0v) is 15.8. The number of nitrogens with one attached hydrogen (secondary N) is 2. The van der Waals surface area contributed by atoms with Gasteiger partial charge < -0.3 is 10.3 Å². The van der Waals surface area contributed by atoms with Crippen molar-refractivity contribution in [3.8, 4) is 11.4 Å². The van der Waals surface area contributed by atoms with Crippen molar-refractivity contribution in [2.24, 2.45) is 0 Å². The lowest BCUT2D eigenvalue weighted by Gasteiger charge is -2.06. The topological polar surface area (TPSA) is 57.8 Å². The molecule has 1 amide bonds. The fraction of sp³-hybridized carbons (Fsp3) is 0.167. The van der Waals surface area contributed by atoms with Gasteiger partial charge in [-0.2, -0.15) is 0 Å². The Balaban J connectivity index is 1.37. The first-order chi connectivity index (χ1) is 14.2. The molecule has 5 heteroatoms. The summed E-state index contributed by atoms with van der Waals surface area (Å²) in [5, 5.41) is 5.32. The van der Waals surface area contributed by atoms with Crippen LogP contribution in [0.25, 0.3) is 22.2 Å². The number of carbonyl (C=O) groups is 1. The van der Waals surface area contributed by atoms with E-state index < -0.39 is 0 Å². The third-order valence-electron chi connectivity index (χ3n) is 5.32. The van der Waals surface area contributed by atoms with Gasteiger partial charge in [-0.15, -0.1) is 0 Å². The van der Waals surface area contributed by atoms with Crippen LogP contribution in [0.2, 0.25) is 0 Å². The predicted octanol–water partition coefficient (Wildman–Crippen LogP) is 5.18. The molecule has 0 aliphatic heterocycles. The Bertz CT molecular complexity index is 1190. The standard InChI is InChI=1S/C24H20FN3O/c25-20-11-9-18(10-12-20)23-27-21(17-7-8-17)22(28-23)24(29)26-14-15-5-6-16-3-1-2-4-19(16)13-15/h1-6,9-13,17H,7-8,14H2,(H,26,29)(H,27,28). The van der Waals surface area contributed by atoms with E-state index in [4.69, 9.17) is 0 Å². The summed E-state index contributed by atoms with van der Waals surface area (Å²) >= 11 is 0. The van der Waals surface area contributed by atoms with E-state index in [1.807, 2.05) is 18.2 Å². The van der Waals surface area contributed by atoms with E-state index in [9.17, 15) is 9.18 Å². The van der Waals surface area contributed by atoms with E-state index >= 15 is 0 Å². The lowest BCUT2D eigenvalue weighted by Crippen LogP contribution is -2.24. The summed E-state index contributed by atoms with van der Waals surface area (Å²) in [5.41, 5.74) is 3.12. The first-order valence-electron chi connectivity index (χ1n) is 9.79. The largest absolute Gasteiger partial charge is 0.347 e. The number of halogens is 1. The average molecular weight is 385 g/mol. The minimum absolute atomic E-state index is 0.190. The van der Waals surface area contributed by atoms with Crippen molar-refractivity contribution < 1.29 is 9.18 Å². The maximum absolute atomic E-state index is 13.2. The van der Waals surface area contributed by atoms with Crippen molar-refractivity contribution in [3.05, 3.63) is 89.5 Å². The molecule has 0 spiro atoms. The molecule has 29 heavy (non-hydrogen) atoms. The molecular weight excluding hydrogens is 365 g/mol. The van der Waals surface area contributed by atoms with Crippen molar-refractivity contribution in [1.29, 1.82) is 0 Å². The van der Waals surface area contributed by atoms with Crippen molar-refractivity contribution in [2.75, 3.05) is 0 Å². The highest BCUT2D eigenvalue weighted by atomic mass is 19.1. The first kappa shape index (κ1) is 17.6. The molecular formula is C24H20FN3O. The number of aromatic nitrogens is 2. The van der Waals surface area contributed by atoms with E-state index in [-0.39, 0.29) is 11.7 Å². The lowest BCUT2D eigenvalue weighted by molar-refractivity contribution is 0.0945. The number of carbonyl (C=O) groups excluding carboxylic acids is 1. The Labute approximate surface area is 167 Å². The number of hydrogen-bond acceptors (Lipinski definition) is 2. The van der Waals surface area contributed by atoms with Crippen LogP contribution in [0.15, 0.2) is 66.7 Å². The van der Waals surface area contributed by atoms with E-state index in [1.165, 1.54) is 17.5 Å². The summed E-state index contributed by atoms with van der Waals surface area (Å²) in [7, 11) is 0. The van der Waals surface area contributed by atoms with Crippen LogP contribution < -0.4 is 5.32 Å². The van der Waals surface area contributed by atoms with Gasteiger partial charge in [0.05, 0.1) is 5.69 Å². The van der Waals surface area contributed by atoms with Crippen LogP contribution in [0.4, 0.5) is 4.39 Å². The lowest BCUT2D eigenvalue weighted by atomic mass is 10.1. The summed E-state index contributed by atoms with van der Waals surface area (Å²) in [6.45, 7) is 0.437. The van der Waals surface area contributed by atoms with E-state index in [2.05, 4.69) is 39.6 Å². The van der Waals surface area contributed by atoms with Crippen LogP contribution in [0.3, 0.4) is 0 Å². The quantitative estimate of drug-likeness (QED) is 0.497. The molecule has 5 rings (SSSR count). The number of aromatic amines is 1. The second kappa shape index (κ2) is 7.17. The Morgan fingerprint density at radius 1 is 1.03 bits per heavy atom. The van der Waals surface area contributed by atoms with Gasteiger partial charge >= 0.3 is 0 Å². The second-order valence-electron chi connectivity index (χ2n) is 7.49. The fourth-order valence-corrected chi connectivity index (χ4v) is 3.59. The predicted molar refractivity (Wildman–Crippen MR) is 111 cm³/mol. The molecule has 1 fully saturated rings. The minimum atomic E-state index is -0.295. The van der Waals surface area contributed by atoms with Gasteiger partial charge in [-0.05, 0) is 59.5 Å². The molecule has 144 valence electrons. The van der Waals surface area contributed by atoms with Gasteiger partial charge in [0.15, 0.2) is 0 Å². The fourth-order valence-electron chi connectivity index (χ4n) is 3.59. The average Bonchev–Trinajstić information content (AvgIpc) is 3.50. The smallest absolute Gasteiger partial charge is 0.272 e. The number of nitrogens with zero attached hydrogens (tertiary/aromatic N) is 1. The van der Waals surface area contributed by atoms with E-state index in [0.717, 1.165) is 35.0 Å². The van der Waals surface area contributed by atoms with E-state index in [1.54, 1.807) is 12.1 Å². The maximum atomic E-state index is 13.2. The zero-order chi connectivity index (χ0) is 19.8. The molecule has 1 aliphatic rings. The van der Waals surface area contributed by atoms with Crippen molar-refractivity contribution >= 4 is 16.7 Å². The summed E-state index contributed by atoms with van der Waals surface area (Å²) in [6.07, 6.45) is 2.10. The SMILES string of the molecule is O=C(NCc1ccc2ccccc2c1)c1nc(-c2ccc(F)cc2)[nH]c1C1CC1. The highest BCUT2D eigenvalue weighted by molar-refractivity contribution is 5.94. The molecule has 0 saturated heterocycles. The molecule has 1 heterocycles. The van der Waals surface area contributed by atoms with Gasteiger partial charge in [0.2, 0.25) is 0 Å². The van der Waals surface area contributed by atoms with Gasteiger partial charge in [0, 0.05) is 18.0 Å². The van der Waals surface area contributed by atoms with Crippen LogP contribution in [-0.4, -0.2) is 15.9 Å². The number of benzene rings is 3. The van der Waals surface area contributed by atoms with Crippen LogP contribution in [0.1, 0.15) is 40.5 Å². The third-order valence-corrected chi connectivity index (χ3v) is 5.32. The first-order valence-corrected chi connectivity index (χ1v) is 9.79. The molecule has 3 aromatic carbocycles. The van der Waals surface area contributed by atoms with Crippen LogP contribution in [0.5, 0.6) is 0 Å². The normalized spacial score (nSPS) is 13.6. The number of rotatable bonds is 5. The Kier molecular flexibility index (Phi) is 4.35. The van der Waals surface area contributed by atoms with Gasteiger partial charge in [0.25, 0.3) is 5.91 Å². The van der Waals surface area contributed by atoms with Crippen molar-refractivity contribution in [2.45, 2.75) is 25.3 Å².